The number of hydrogen-bond donors (Lipinski definition) is 0. The van der Waals surface area contributed by atoms with Crippen LogP contribution < -0.4 is 9.64 Å². The summed E-state index contributed by atoms with van der Waals surface area (Å²) in [6.45, 7) is 11.7. The summed E-state index contributed by atoms with van der Waals surface area (Å²) in [4.78, 5) is 14.1. The van der Waals surface area contributed by atoms with Crippen molar-refractivity contribution >= 4 is 17.3 Å². The van der Waals surface area contributed by atoms with Gasteiger partial charge in [-0.15, -0.1) is 0 Å². The van der Waals surface area contributed by atoms with Crippen molar-refractivity contribution in [3.63, 3.8) is 0 Å². The van der Waals surface area contributed by atoms with Crippen LogP contribution in [0.2, 0.25) is 0 Å². The van der Waals surface area contributed by atoms with E-state index in [0.29, 0.717) is 5.75 Å². The van der Waals surface area contributed by atoms with Gasteiger partial charge in [-0.05, 0) is 93.6 Å². The lowest BCUT2D eigenvalue weighted by atomic mass is 9.97. The molecule has 0 radical (unpaired) electrons. The molecule has 0 saturated heterocycles. The van der Waals surface area contributed by atoms with Crippen LogP contribution in [-0.2, 0) is 9.53 Å². The fourth-order valence-corrected chi connectivity index (χ4v) is 4.07. The standard InChI is InChI=1S/C28H32FNO3/c1-17(2)33-27(31)16-32-26-12-11-18(3)28(21(26)6)30(7)25-15-23(13-19(4)20(25)5)22-9-8-10-24(29)14-22/h8-15,17H,16H2,1-7H3. The number of halogens is 1. The maximum absolute atomic E-state index is 13.8. The Kier molecular flexibility index (Phi) is 7.42. The number of nitrogens with zero attached hydrogens (tertiary/aromatic N) is 1. The highest BCUT2D eigenvalue weighted by molar-refractivity contribution is 5.79. The van der Waals surface area contributed by atoms with Gasteiger partial charge in [0, 0.05) is 18.3 Å². The van der Waals surface area contributed by atoms with Crippen molar-refractivity contribution in [2.24, 2.45) is 0 Å². The molecule has 3 aromatic rings. The molecule has 0 unspecified atom stereocenters. The van der Waals surface area contributed by atoms with Crippen LogP contribution in [0.4, 0.5) is 15.8 Å². The molecule has 0 aliphatic rings. The number of hydrogen-bond acceptors (Lipinski definition) is 4. The van der Waals surface area contributed by atoms with Crippen molar-refractivity contribution in [1.29, 1.82) is 0 Å². The van der Waals surface area contributed by atoms with Crippen LogP contribution in [0.3, 0.4) is 0 Å². The number of carbonyl (C=O) groups is 1. The lowest BCUT2D eigenvalue weighted by Gasteiger charge is -2.28. The summed E-state index contributed by atoms with van der Waals surface area (Å²) in [6.07, 6.45) is -0.182. The van der Waals surface area contributed by atoms with Crippen LogP contribution in [0.15, 0.2) is 48.5 Å². The van der Waals surface area contributed by atoms with Crippen molar-refractivity contribution in [1.82, 2.24) is 0 Å². The number of ether oxygens (including phenoxy) is 2. The second-order valence-corrected chi connectivity index (χ2v) is 8.69. The van der Waals surface area contributed by atoms with E-state index in [-0.39, 0.29) is 18.5 Å². The molecule has 5 heteroatoms. The highest BCUT2D eigenvalue weighted by Crippen LogP contribution is 2.39. The van der Waals surface area contributed by atoms with E-state index >= 15 is 0 Å². The molecule has 33 heavy (non-hydrogen) atoms. The van der Waals surface area contributed by atoms with E-state index in [4.69, 9.17) is 9.47 Å². The van der Waals surface area contributed by atoms with Crippen LogP contribution in [-0.4, -0.2) is 25.7 Å². The molecule has 0 heterocycles. The number of benzene rings is 3. The summed E-state index contributed by atoms with van der Waals surface area (Å²) in [5.41, 5.74) is 8.10. The summed E-state index contributed by atoms with van der Waals surface area (Å²) < 4.78 is 24.8. The van der Waals surface area contributed by atoms with Gasteiger partial charge in [-0.2, -0.15) is 0 Å². The normalized spacial score (nSPS) is 10.9. The summed E-state index contributed by atoms with van der Waals surface area (Å²) in [5, 5.41) is 0. The molecule has 174 valence electrons. The van der Waals surface area contributed by atoms with Crippen LogP contribution in [0.5, 0.6) is 5.75 Å². The maximum Gasteiger partial charge on any atom is 0.344 e. The predicted molar refractivity (Wildman–Crippen MR) is 132 cm³/mol. The van der Waals surface area contributed by atoms with Crippen molar-refractivity contribution in [2.75, 3.05) is 18.6 Å². The number of aryl methyl sites for hydroxylation is 2. The van der Waals surface area contributed by atoms with E-state index in [2.05, 4.69) is 30.9 Å². The van der Waals surface area contributed by atoms with Crippen molar-refractivity contribution in [2.45, 2.75) is 47.6 Å². The first-order valence-electron chi connectivity index (χ1n) is 11.1. The zero-order valence-electron chi connectivity index (χ0n) is 20.5. The second kappa shape index (κ2) is 10.1. The Morgan fingerprint density at radius 3 is 2.33 bits per heavy atom. The van der Waals surface area contributed by atoms with Crippen molar-refractivity contribution in [3.8, 4) is 16.9 Å². The fourth-order valence-electron chi connectivity index (χ4n) is 4.07. The van der Waals surface area contributed by atoms with Crippen LogP contribution in [0.1, 0.15) is 36.1 Å². The topological polar surface area (TPSA) is 38.8 Å². The third-order valence-corrected chi connectivity index (χ3v) is 5.79. The van der Waals surface area contributed by atoms with Crippen LogP contribution in [0, 0.1) is 33.5 Å². The molecule has 0 bridgehead atoms. The molecular formula is C28H32FNO3. The monoisotopic (exact) mass is 449 g/mol. The molecule has 0 aliphatic heterocycles. The molecule has 4 nitrogen and oxygen atoms in total. The minimum Gasteiger partial charge on any atom is -0.482 e. The molecule has 3 aromatic carbocycles. The summed E-state index contributed by atoms with van der Waals surface area (Å²) in [6, 6.07) is 14.7. The summed E-state index contributed by atoms with van der Waals surface area (Å²) >= 11 is 0. The highest BCUT2D eigenvalue weighted by Gasteiger charge is 2.18. The zero-order valence-corrected chi connectivity index (χ0v) is 20.5. The van der Waals surface area contributed by atoms with Gasteiger partial charge in [-0.25, -0.2) is 9.18 Å². The molecule has 0 atom stereocenters. The van der Waals surface area contributed by atoms with Gasteiger partial charge in [0.15, 0.2) is 6.61 Å². The molecule has 0 aromatic heterocycles. The molecule has 0 fully saturated rings. The quantitative estimate of drug-likeness (QED) is 0.371. The largest absolute Gasteiger partial charge is 0.482 e. The minimum absolute atomic E-state index is 0.140. The number of carbonyl (C=O) groups excluding carboxylic acids is 1. The van der Waals surface area contributed by atoms with E-state index in [0.717, 1.165) is 44.8 Å². The minimum atomic E-state index is -0.394. The van der Waals surface area contributed by atoms with Gasteiger partial charge in [0.2, 0.25) is 0 Å². The Labute approximate surface area is 196 Å². The number of esters is 1. The summed E-state index contributed by atoms with van der Waals surface area (Å²) in [5.74, 6) is -0.0128. The predicted octanol–water partition coefficient (Wildman–Crippen LogP) is 6.82. The first kappa shape index (κ1) is 24.3. The Bertz CT molecular complexity index is 1170. The van der Waals surface area contributed by atoms with E-state index in [9.17, 15) is 9.18 Å². The Hall–Kier alpha value is -3.34. The Morgan fingerprint density at radius 1 is 0.939 bits per heavy atom. The SMILES string of the molecule is Cc1cc(-c2cccc(F)c2)cc(N(C)c2c(C)ccc(OCC(=O)OC(C)C)c2C)c1C. The average Bonchev–Trinajstić information content (AvgIpc) is 2.74. The van der Waals surface area contributed by atoms with Crippen molar-refractivity contribution in [3.05, 3.63) is 76.6 Å². The van der Waals surface area contributed by atoms with Crippen LogP contribution in [0.25, 0.3) is 11.1 Å². The first-order valence-corrected chi connectivity index (χ1v) is 11.1. The molecule has 0 saturated carbocycles. The number of anilines is 2. The molecule has 0 amide bonds. The highest BCUT2D eigenvalue weighted by atomic mass is 19.1. The molecule has 0 aliphatic carbocycles. The van der Waals surface area contributed by atoms with Gasteiger partial charge in [-0.3, -0.25) is 0 Å². The number of rotatable bonds is 7. The van der Waals surface area contributed by atoms with E-state index in [1.807, 2.05) is 52.9 Å². The lowest BCUT2D eigenvalue weighted by molar-refractivity contribution is -0.149. The van der Waals surface area contributed by atoms with Gasteiger partial charge < -0.3 is 14.4 Å². The second-order valence-electron chi connectivity index (χ2n) is 8.69. The van der Waals surface area contributed by atoms with Gasteiger partial charge in [0.25, 0.3) is 0 Å². The third-order valence-electron chi connectivity index (χ3n) is 5.79. The van der Waals surface area contributed by atoms with Gasteiger partial charge in [-0.1, -0.05) is 24.3 Å². The van der Waals surface area contributed by atoms with Crippen molar-refractivity contribution < 1.29 is 18.7 Å². The fraction of sp³-hybridized carbons (Fsp3) is 0.321. The Balaban J connectivity index is 1.99. The van der Waals surface area contributed by atoms with E-state index in [1.54, 1.807) is 12.1 Å². The van der Waals surface area contributed by atoms with Crippen LogP contribution >= 0.6 is 0 Å². The third kappa shape index (κ3) is 5.54. The molecule has 0 N–H and O–H groups in total. The summed E-state index contributed by atoms with van der Waals surface area (Å²) in [7, 11) is 2.02. The zero-order chi connectivity index (χ0) is 24.3. The van der Waals surface area contributed by atoms with Gasteiger partial charge in [0.1, 0.15) is 11.6 Å². The van der Waals surface area contributed by atoms with E-state index < -0.39 is 5.97 Å². The first-order chi connectivity index (χ1) is 15.6. The molecular weight excluding hydrogens is 417 g/mol. The van der Waals surface area contributed by atoms with Gasteiger partial charge in [0.05, 0.1) is 11.8 Å². The Morgan fingerprint density at radius 2 is 1.67 bits per heavy atom. The smallest absolute Gasteiger partial charge is 0.344 e. The lowest BCUT2D eigenvalue weighted by Crippen LogP contribution is -2.19. The van der Waals surface area contributed by atoms with E-state index in [1.165, 1.54) is 6.07 Å². The van der Waals surface area contributed by atoms with Gasteiger partial charge >= 0.3 is 5.97 Å². The molecule has 0 spiro atoms. The maximum atomic E-state index is 13.8. The molecule has 3 rings (SSSR count). The average molecular weight is 450 g/mol.